The minimum Gasteiger partial charge on any atom is -0.0891 e. The molecule has 23 heavy (non-hydrogen) atoms. The van der Waals surface area contributed by atoms with E-state index in [0.29, 0.717) is 0 Å². The molecule has 0 rings (SSSR count). The van der Waals surface area contributed by atoms with Gasteiger partial charge >= 0.3 is 0 Å². The molecular formula is C23H42. The lowest BCUT2D eigenvalue weighted by molar-refractivity contribution is 0.524. The molecule has 0 atom stereocenters. The molecule has 0 saturated heterocycles. The molecule has 0 aliphatic carbocycles. The quantitative estimate of drug-likeness (QED) is 0.166. The lowest BCUT2D eigenvalue weighted by Crippen LogP contribution is -1.84. The Hall–Kier alpha value is -0.440. The second-order valence-corrected chi connectivity index (χ2v) is 7.14. The maximum Gasteiger partial charge on any atom is 0.00989 e. The molecule has 0 heterocycles. The highest BCUT2D eigenvalue weighted by Crippen LogP contribution is 2.14. The molecule has 0 aromatic rings. The summed E-state index contributed by atoms with van der Waals surface area (Å²) < 4.78 is 0. The van der Waals surface area contributed by atoms with Crippen LogP contribution in [0.3, 0.4) is 0 Å². The van der Waals surface area contributed by atoms with Crippen LogP contribution in [-0.2, 0) is 0 Å². The second-order valence-electron chi connectivity index (χ2n) is 7.14. The molecule has 0 aliphatic heterocycles. The monoisotopic (exact) mass is 318 g/mol. The Labute approximate surface area is 148 Å². The Balaban J connectivity index is 2.94. The Morgan fingerprint density at radius 2 is 0.696 bits per heavy atom. The summed E-state index contributed by atoms with van der Waals surface area (Å²) >= 11 is 0. The van der Waals surface area contributed by atoms with Gasteiger partial charge < -0.3 is 0 Å². The third-order valence-electron chi connectivity index (χ3n) is 4.80. The van der Waals surface area contributed by atoms with Crippen molar-refractivity contribution >= 4 is 0 Å². The van der Waals surface area contributed by atoms with E-state index >= 15 is 0 Å². The Bertz CT molecular complexity index is 235. The predicted octanol–water partition coefficient (Wildman–Crippen LogP) is 8.21. The first-order chi connectivity index (χ1) is 11.4. The Morgan fingerprint density at radius 1 is 0.435 bits per heavy atom. The van der Waals surface area contributed by atoms with Crippen molar-refractivity contribution < 1.29 is 0 Å². The largest absolute Gasteiger partial charge is 0.0891 e. The number of hydrogen-bond acceptors (Lipinski definition) is 0. The van der Waals surface area contributed by atoms with Gasteiger partial charge in [0.2, 0.25) is 0 Å². The van der Waals surface area contributed by atoms with Gasteiger partial charge in [0.25, 0.3) is 0 Å². The van der Waals surface area contributed by atoms with Crippen molar-refractivity contribution in [1.82, 2.24) is 0 Å². The van der Waals surface area contributed by atoms with Gasteiger partial charge in [-0.3, -0.25) is 0 Å². The molecule has 0 aromatic carbocycles. The van der Waals surface area contributed by atoms with Crippen molar-refractivity contribution in [2.75, 3.05) is 0 Å². The van der Waals surface area contributed by atoms with Crippen LogP contribution in [0, 0.1) is 19.3 Å². The van der Waals surface area contributed by atoms with Crippen molar-refractivity contribution in [1.29, 1.82) is 0 Å². The predicted molar refractivity (Wildman–Crippen MR) is 105 cm³/mol. The van der Waals surface area contributed by atoms with E-state index in [1.165, 1.54) is 116 Å². The van der Waals surface area contributed by atoms with Crippen LogP contribution in [-0.4, -0.2) is 0 Å². The molecule has 0 amide bonds. The first-order valence-electron chi connectivity index (χ1n) is 10.6. The fourth-order valence-corrected chi connectivity index (χ4v) is 3.22. The molecule has 0 spiro atoms. The Morgan fingerprint density at radius 3 is 0.957 bits per heavy atom. The van der Waals surface area contributed by atoms with E-state index in [-0.39, 0.29) is 0 Å². The van der Waals surface area contributed by atoms with Gasteiger partial charge in [0.15, 0.2) is 0 Å². The highest BCUT2D eigenvalue weighted by molar-refractivity contribution is 4.74. The number of rotatable bonds is 19. The fourth-order valence-electron chi connectivity index (χ4n) is 3.22. The summed E-state index contributed by atoms with van der Waals surface area (Å²) in [5, 5.41) is 0. The van der Waals surface area contributed by atoms with Crippen molar-refractivity contribution in [2.45, 2.75) is 128 Å². The molecule has 0 unspecified atom stereocenters. The average Bonchev–Trinajstić information content (AvgIpc) is 2.57. The summed E-state index contributed by atoms with van der Waals surface area (Å²) in [4.78, 5) is 0. The lowest BCUT2D eigenvalue weighted by atomic mass is 10.0. The first-order valence-corrected chi connectivity index (χ1v) is 10.6. The van der Waals surface area contributed by atoms with Gasteiger partial charge in [-0.25, -0.2) is 0 Å². The maximum absolute atomic E-state index is 6.86. The average molecular weight is 319 g/mol. The highest BCUT2D eigenvalue weighted by Gasteiger charge is 1.95. The third kappa shape index (κ3) is 21.6. The summed E-state index contributed by atoms with van der Waals surface area (Å²) in [6, 6.07) is 0. The normalized spacial score (nSPS) is 10.8. The van der Waals surface area contributed by atoms with Crippen LogP contribution in [0.15, 0.2) is 0 Å². The van der Waals surface area contributed by atoms with E-state index < -0.39 is 0 Å². The molecule has 0 nitrogen and oxygen atoms in total. The van der Waals surface area contributed by atoms with Crippen LogP contribution in [0.25, 0.3) is 0 Å². The van der Waals surface area contributed by atoms with Crippen LogP contribution in [0.5, 0.6) is 0 Å². The zero-order chi connectivity index (χ0) is 16.8. The molecular weight excluding hydrogens is 276 g/mol. The number of hydrogen-bond donors (Lipinski definition) is 0. The summed E-state index contributed by atoms with van der Waals surface area (Å²) in [6.45, 7) is 3.89. The molecule has 0 heteroatoms. The van der Waals surface area contributed by atoms with Crippen LogP contribution in [0.1, 0.15) is 128 Å². The second kappa shape index (κ2) is 21.6. The zero-order valence-corrected chi connectivity index (χ0v) is 15.8. The van der Waals surface area contributed by atoms with Crippen LogP contribution in [0.2, 0.25) is 0 Å². The van der Waals surface area contributed by atoms with Gasteiger partial charge in [0.1, 0.15) is 0 Å². The molecule has 0 fully saturated rings. The molecule has 0 saturated carbocycles. The van der Waals surface area contributed by atoms with Gasteiger partial charge in [-0.15, -0.1) is 0 Å². The molecule has 0 N–H and O–H groups in total. The first kappa shape index (κ1) is 22.6. The van der Waals surface area contributed by atoms with Gasteiger partial charge in [0.05, 0.1) is 0 Å². The van der Waals surface area contributed by atoms with Gasteiger partial charge in [0, 0.05) is 6.42 Å². The van der Waals surface area contributed by atoms with E-state index in [1.54, 1.807) is 0 Å². The summed E-state index contributed by atoms with van der Waals surface area (Å²) in [7, 11) is 0. The van der Waals surface area contributed by atoms with E-state index in [0.717, 1.165) is 12.8 Å². The van der Waals surface area contributed by atoms with E-state index in [1.807, 2.05) is 0 Å². The summed E-state index contributed by atoms with van der Waals surface area (Å²) in [5.41, 5.74) is 0. The van der Waals surface area contributed by atoms with Crippen LogP contribution in [0.4, 0.5) is 0 Å². The van der Waals surface area contributed by atoms with Crippen molar-refractivity contribution in [3.8, 4) is 5.92 Å². The number of unbranched alkanes of at least 4 members (excludes halogenated alkanes) is 19. The summed E-state index contributed by atoms with van der Waals surface area (Å²) in [5.74, 6) is 2.47. The van der Waals surface area contributed by atoms with E-state index in [9.17, 15) is 0 Å². The summed E-state index contributed by atoms with van der Waals surface area (Å²) in [6.07, 6.45) is 34.1. The van der Waals surface area contributed by atoms with Crippen molar-refractivity contribution in [3.63, 3.8) is 0 Å². The highest BCUT2D eigenvalue weighted by atomic mass is 14.0. The maximum atomic E-state index is 6.86. The molecule has 0 aliphatic rings. The standard InChI is InChI=1S/C23H42/c1-3-5-7-9-11-13-15-17-19-21-23-22-20-18-16-14-12-10-8-6-4-2/h1,3,5-23H2. The van der Waals surface area contributed by atoms with Crippen molar-refractivity contribution in [3.05, 3.63) is 13.3 Å². The molecule has 0 bridgehead atoms. The minimum atomic E-state index is 0.858. The Kier molecular flexibility index (Phi) is 21.1. The van der Waals surface area contributed by atoms with Gasteiger partial charge in [-0.2, -0.15) is 0 Å². The third-order valence-corrected chi connectivity index (χ3v) is 4.80. The smallest absolute Gasteiger partial charge is 0.00989 e. The zero-order valence-electron chi connectivity index (χ0n) is 15.8. The van der Waals surface area contributed by atoms with Gasteiger partial charge in [-0.05, 0) is 12.8 Å². The molecule has 0 aromatic heterocycles. The minimum absolute atomic E-state index is 0.858. The van der Waals surface area contributed by atoms with E-state index in [2.05, 4.69) is 12.8 Å². The van der Waals surface area contributed by atoms with Crippen molar-refractivity contribution in [2.24, 2.45) is 0 Å². The fraction of sp³-hybridized carbons (Fsp3) is 0.870. The van der Waals surface area contributed by atoms with E-state index in [4.69, 9.17) is 6.42 Å². The lowest BCUT2D eigenvalue weighted by Gasteiger charge is -2.03. The molecule has 2 radical (unpaired) electrons. The van der Waals surface area contributed by atoms with Crippen LogP contribution >= 0.6 is 0 Å². The molecule has 134 valence electrons. The van der Waals surface area contributed by atoms with Gasteiger partial charge in [-0.1, -0.05) is 128 Å². The topological polar surface area (TPSA) is 0 Å². The SMILES string of the molecule is [C]#CCCCCCCCCCCCCCCCCCCCC[CH2]. The van der Waals surface area contributed by atoms with Crippen LogP contribution < -0.4 is 0 Å².